The summed E-state index contributed by atoms with van der Waals surface area (Å²) >= 11 is 0. The molecule has 0 spiro atoms. The number of nitrogens with zero attached hydrogens (tertiary/aromatic N) is 2. The number of hydrogen-bond acceptors (Lipinski definition) is 2. The summed E-state index contributed by atoms with van der Waals surface area (Å²) < 4.78 is 1.88. The normalized spacial score (nSPS) is 14.3. The number of aromatic nitrogens is 2. The Labute approximate surface area is 106 Å². The van der Waals surface area contributed by atoms with Crippen molar-refractivity contribution < 1.29 is 0 Å². The summed E-state index contributed by atoms with van der Waals surface area (Å²) in [6, 6.07) is 0.550. The highest BCUT2D eigenvalue weighted by Gasteiger charge is 2.25. The van der Waals surface area contributed by atoms with Crippen molar-refractivity contribution in [2.75, 3.05) is 6.54 Å². The molecule has 3 heteroatoms. The first-order valence-electron chi connectivity index (χ1n) is 6.50. The van der Waals surface area contributed by atoms with E-state index < -0.39 is 0 Å². The minimum atomic E-state index is 0.317. The Balaban J connectivity index is 2.64. The second-order valence-electron chi connectivity index (χ2n) is 6.35. The highest BCUT2D eigenvalue weighted by molar-refractivity contribution is 5.06. The first-order valence-corrected chi connectivity index (χ1v) is 6.50. The van der Waals surface area contributed by atoms with Crippen molar-refractivity contribution >= 4 is 0 Å². The molecular weight excluding hydrogens is 210 g/mol. The van der Waals surface area contributed by atoms with Crippen LogP contribution in [0, 0.1) is 11.3 Å². The monoisotopic (exact) mass is 237 g/mol. The Bertz CT molecular complexity index is 333. The van der Waals surface area contributed by atoms with Crippen molar-refractivity contribution in [2.24, 2.45) is 18.4 Å². The van der Waals surface area contributed by atoms with E-state index in [1.165, 1.54) is 5.56 Å². The van der Waals surface area contributed by atoms with Crippen LogP contribution in [0.4, 0.5) is 0 Å². The predicted octanol–water partition coefficient (Wildman–Crippen LogP) is 2.62. The molecule has 1 N–H and O–H groups in total. The molecule has 17 heavy (non-hydrogen) atoms. The van der Waals surface area contributed by atoms with Crippen molar-refractivity contribution in [3.63, 3.8) is 0 Å². The molecule has 0 amide bonds. The summed E-state index contributed by atoms with van der Waals surface area (Å²) in [4.78, 5) is 0. The van der Waals surface area contributed by atoms with E-state index in [9.17, 15) is 0 Å². The molecule has 1 unspecified atom stereocenters. The Morgan fingerprint density at radius 2 is 2.00 bits per heavy atom. The minimum absolute atomic E-state index is 0.317. The van der Waals surface area contributed by atoms with E-state index in [1.54, 1.807) is 0 Å². The predicted molar refractivity (Wildman–Crippen MR) is 73.0 cm³/mol. The van der Waals surface area contributed by atoms with Gasteiger partial charge in [0.1, 0.15) is 0 Å². The van der Waals surface area contributed by atoms with Gasteiger partial charge in [-0.15, -0.1) is 0 Å². The van der Waals surface area contributed by atoms with Gasteiger partial charge in [0.05, 0.1) is 6.20 Å². The molecule has 1 atom stereocenters. The lowest BCUT2D eigenvalue weighted by molar-refractivity contribution is 0.226. The highest BCUT2D eigenvalue weighted by atomic mass is 15.2. The van der Waals surface area contributed by atoms with Gasteiger partial charge in [-0.3, -0.25) is 4.68 Å². The van der Waals surface area contributed by atoms with Gasteiger partial charge in [0, 0.05) is 19.3 Å². The van der Waals surface area contributed by atoms with E-state index in [0.29, 0.717) is 17.4 Å². The summed E-state index contributed by atoms with van der Waals surface area (Å²) in [6.45, 7) is 12.4. The van der Waals surface area contributed by atoms with Crippen LogP contribution in [0.15, 0.2) is 12.4 Å². The maximum absolute atomic E-state index is 4.24. The minimum Gasteiger partial charge on any atom is -0.314 e. The fourth-order valence-corrected chi connectivity index (χ4v) is 1.92. The maximum atomic E-state index is 4.24. The average Bonchev–Trinajstić information content (AvgIpc) is 2.56. The van der Waals surface area contributed by atoms with Crippen molar-refractivity contribution in [2.45, 2.75) is 47.1 Å². The number of rotatable bonds is 5. The molecule has 0 fully saturated rings. The van der Waals surface area contributed by atoms with Crippen LogP contribution in [0.25, 0.3) is 0 Å². The lowest BCUT2D eigenvalue weighted by Crippen LogP contribution is -2.36. The van der Waals surface area contributed by atoms with E-state index in [2.05, 4.69) is 51.2 Å². The molecule has 0 aliphatic heterocycles. The number of aryl methyl sites for hydroxylation is 1. The first kappa shape index (κ1) is 14.2. The van der Waals surface area contributed by atoms with E-state index in [4.69, 9.17) is 0 Å². The summed E-state index contributed by atoms with van der Waals surface area (Å²) in [6.07, 6.45) is 5.19. The Morgan fingerprint density at radius 3 is 2.41 bits per heavy atom. The molecule has 1 rings (SSSR count). The smallest absolute Gasteiger partial charge is 0.0521 e. The van der Waals surface area contributed by atoms with Crippen molar-refractivity contribution in [3.05, 3.63) is 18.0 Å². The fourth-order valence-electron chi connectivity index (χ4n) is 1.92. The second-order valence-corrected chi connectivity index (χ2v) is 6.35. The summed E-state index contributed by atoms with van der Waals surface area (Å²) in [5.41, 5.74) is 1.65. The molecule has 0 bridgehead atoms. The lowest BCUT2D eigenvalue weighted by Gasteiger charge is -2.31. The van der Waals surface area contributed by atoms with Gasteiger partial charge in [0.2, 0.25) is 0 Å². The van der Waals surface area contributed by atoms with Crippen LogP contribution in [0.3, 0.4) is 0 Å². The number of hydrogen-bond donors (Lipinski definition) is 1. The molecule has 1 aromatic heterocycles. The zero-order chi connectivity index (χ0) is 13.1. The average molecular weight is 237 g/mol. The number of nitrogens with one attached hydrogen (secondary N) is 1. The van der Waals surface area contributed by atoms with Gasteiger partial charge in [0.25, 0.3) is 0 Å². The third-order valence-electron chi connectivity index (χ3n) is 3.24. The molecule has 1 heterocycles. The molecule has 0 radical (unpaired) electrons. The highest BCUT2D eigenvalue weighted by Crippen LogP contribution is 2.28. The maximum Gasteiger partial charge on any atom is 0.0521 e. The Hall–Kier alpha value is -0.830. The summed E-state index contributed by atoms with van der Waals surface area (Å²) in [5.74, 6) is 0.633. The largest absolute Gasteiger partial charge is 0.314 e. The van der Waals surface area contributed by atoms with Crippen molar-refractivity contribution in [1.29, 1.82) is 0 Å². The van der Waals surface area contributed by atoms with Crippen LogP contribution in [0.2, 0.25) is 0 Å². The fraction of sp³-hybridized carbons (Fsp3) is 0.786. The van der Waals surface area contributed by atoms with Gasteiger partial charge in [-0.05, 0) is 29.9 Å². The molecule has 0 saturated carbocycles. The molecule has 1 aromatic rings. The Kier molecular flexibility index (Phi) is 4.75. The van der Waals surface area contributed by atoms with Crippen LogP contribution in [0.5, 0.6) is 0 Å². The quantitative estimate of drug-likeness (QED) is 0.853. The first-order chi connectivity index (χ1) is 7.79. The van der Waals surface area contributed by atoms with Crippen LogP contribution < -0.4 is 5.32 Å². The van der Waals surface area contributed by atoms with Gasteiger partial charge >= 0.3 is 0 Å². The lowest BCUT2D eigenvalue weighted by atomic mass is 9.77. The molecule has 0 aliphatic rings. The van der Waals surface area contributed by atoms with Crippen molar-refractivity contribution in [3.8, 4) is 0 Å². The zero-order valence-corrected chi connectivity index (χ0v) is 12.1. The standard InChI is InChI=1S/C14H27N3/c1-11(2)15-9-13(14(3,4)5)7-12-8-16-17(6)10-12/h8,10-11,13,15H,7,9H2,1-6H3. The summed E-state index contributed by atoms with van der Waals surface area (Å²) in [5, 5.41) is 7.80. The van der Waals surface area contributed by atoms with Gasteiger partial charge < -0.3 is 5.32 Å². The van der Waals surface area contributed by atoms with E-state index in [-0.39, 0.29) is 0 Å². The van der Waals surface area contributed by atoms with Crippen molar-refractivity contribution in [1.82, 2.24) is 15.1 Å². The topological polar surface area (TPSA) is 29.9 Å². The zero-order valence-electron chi connectivity index (χ0n) is 12.1. The van der Waals surface area contributed by atoms with E-state index in [1.807, 2.05) is 17.9 Å². The Morgan fingerprint density at radius 1 is 1.35 bits per heavy atom. The molecule has 3 nitrogen and oxygen atoms in total. The SMILES string of the molecule is CC(C)NCC(Cc1cnn(C)c1)C(C)(C)C. The van der Waals surface area contributed by atoms with E-state index in [0.717, 1.165) is 13.0 Å². The third-order valence-corrected chi connectivity index (χ3v) is 3.24. The molecule has 0 saturated heterocycles. The van der Waals surface area contributed by atoms with Crippen LogP contribution >= 0.6 is 0 Å². The molecule has 98 valence electrons. The second kappa shape index (κ2) is 5.67. The van der Waals surface area contributed by atoms with Crippen LogP contribution in [-0.4, -0.2) is 22.4 Å². The van der Waals surface area contributed by atoms with Gasteiger partial charge in [-0.25, -0.2) is 0 Å². The van der Waals surface area contributed by atoms with E-state index >= 15 is 0 Å². The molecule has 0 aromatic carbocycles. The van der Waals surface area contributed by atoms with Gasteiger partial charge in [-0.2, -0.15) is 5.10 Å². The summed E-state index contributed by atoms with van der Waals surface area (Å²) in [7, 11) is 1.97. The molecule has 0 aliphatic carbocycles. The van der Waals surface area contributed by atoms with Gasteiger partial charge in [-0.1, -0.05) is 34.6 Å². The van der Waals surface area contributed by atoms with Crippen LogP contribution in [0.1, 0.15) is 40.2 Å². The van der Waals surface area contributed by atoms with Gasteiger partial charge in [0.15, 0.2) is 0 Å². The third kappa shape index (κ3) is 4.90. The van der Waals surface area contributed by atoms with Crippen LogP contribution in [-0.2, 0) is 13.5 Å². The molecular formula is C14H27N3.